The maximum atomic E-state index is 5.89. The molecule has 3 heteroatoms. The number of anilines is 2. The van der Waals surface area contributed by atoms with E-state index >= 15 is 0 Å². The molecule has 76 valence electrons. The number of aromatic nitrogens is 1. The Morgan fingerprint density at radius 2 is 1.87 bits per heavy atom. The molecule has 15 heavy (non-hydrogen) atoms. The molecule has 4 N–H and O–H groups in total. The third-order valence-corrected chi connectivity index (χ3v) is 2.33. The van der Waals surface area contributed by atoms with Gasteiger partial charge in [0.15, 0.2) is 0 Å². The minimum atomic E-state index is 0.592. The highest BCUT2D eigenvalue weighted by Gasteiger charge is 2.05. The van der Waals surface area contributed by atoms with Crippen molar-refractivity contribution in [3.05, 3.63) is 42.1 Å². The molecule has 0 saturated carbocycles. The predicted octanol–water partition coefficient (Wildman–Crippen LogP) is 2.22. The third kappa shape index (κ3) is 1.76. The van der Waals surface area contributed by atoms with Crippen LogP contribution in [0.25, 0.3) is 11.3 Å². The normalized spacial score (nSPS) is 10.2. The van der Waals surface area contributed by atoms with E-state index in [1.165, 1.54) is 0 Å². The Balaban J connectivity index is 2.54. The van der Waals surface area contributed by atoms with E-state index in [1.807, 2.05) is 37.4 Å². The van der Waals surface area contributed by atoms with Gasteiger partial charge >= 0.3 is 0 Å². The zero-order valence-corrected chi connectivity index (χ0v) is 8.57. The van der Waals surface area contributed by atoms with Crippen LogP contribution in [0.2, 0.25) is 0 Å². The Labute approximate surface area is 88.8 Å². The smallest absolute Gasteiger partial charge is 0.0723 e. The van der Waals surface area contributed by atoms with Gasteiger partial charge in [-0.2, -0.15) is 0 Å². The molecule has 2 rings (SSSR count). The maximum Gasteiger partial charge on any atom is 0.0723 e. The van der Waals surface area contributed by atoms with E-state index in [2.05, 4.69) is 4.98 Å². The molecule has 0 bridgehead atoms. The number of nitrogens with two attached hydrogens (primary N) is 2. The molecule has 0 amide bonds. The number of rotatable bonds is 1. The van der Waals surface area contributed by atoms with E-state index < -0.39 is 0 Å². The highest BCUT2D eigenvalue weighted by molar-refractivity contribution is 5.82. The van der Waals surface area contributed by atoms with Gasteiger partial charge in [-0.15, -0.1) is 0 Å². The van der Waals surface area contributed by atoms with E-state index in [4.69, 9.17) is 11.5 Å². The van der Waals surface area contributed by atoms with Crippen LogP contribution < -0.4 is 11.5 Å². The summed E-state index contributed by atoms with van der Waals surface area (Å²) in [6.45, 7) is 2.00. The van der Waals surface area contributed by atoms with Crippen LogP contribution >= 0.6 is 0 Å². The zero-order chi connectivity index (χ0) is 10.8. The van der Waals surface area contributed by atoms with Crippen molar-refractivity contribution in [2.24, 2.45) is 0 Å². The average Bonchev–Trinajstić information content (AvgIpc) is 2.24. The molecule has 0 saturated heterocycles. The van der Waals surface area contributed by atoms with Crippen molar-refractivity contribution in [3.8, 4) is 11.3 Å². The second-order valence-corrected chi connectivity index (χ2v) is 3.53. The summed E-state index contributed by atoms with van der Waals surface area (Å²) in [7, 11) is 0. The van der Waals surface area contributed by atoms with Crippen LogP contribution in [0.5, 0.6) is 0 Å². The highest BCUT2D eigenvalue weighted by atomic mass is 14.7. The van der Waals surface area contributed by atoms with Gasteiger partial charge in [0.05, 0.1) is 17.1 Å². The van der Waals surface area contributed by atoms with Gasteiger partial charge in [0.1, 0.15) is 0 Å². The fourth-order valence-electron chi connectivity index (χ4n) is 1.43. The minimum absolute atomic E-state index is 0.592. The molecule has 1 aromatic heterocycles. The quantitative estimate of drug-likeness (QED) is 0.692. The second kappa shape index (κ2) is 3.61. The van der Waals surface area contributed by atoms with E-state index in [0.29, 0.717) is 11.4 Å². The summed E-state index contributed by atoms with van der Waals surface area (Å²) in [6, 6.07) is 9.53. The fourth-order valence-corrected chi connectivity index (χ4v) is 1.43. The van der Waals surface area contributed by atoms with Crippen LogP contribution in [0.15, 0.2) is 36.5 Å². The Hall–Kier alpha value is -2.03. The molecular formula is C12H13N3. The number of benzene rings is 1. The van der Waals surface area contributed by atoms with Gasteiger partial charge in [-0.05, 0) is 24.6 Å². The molecule has 2 aromatic rings. The number of pyridine rings is 1. The van der Waals surface area contributed by atoms with Crippen molar-refractivity contribution in [1.82, 2.24) is 4.98 Å². The van der Waals surface area contributed by atoms with Gasteiger partial charge in [0.25, 0.3) is 0 Å². The molecule has 0 fully saturated rings. The van der Waals surface area contributed by atoms with Crippen molar-refractivity contribution in [2.45, 2.75) is 6.92 Å². The lowest BCUT2D eigenvalue weighted by Crippen LogP contribution is -1.97. The largest absolute Gasteiger partial charge is 0.397 e. The van der Waals surface area contributed by atoms with Crippen molar-refractivity contribution < 1.29 is 0 Å². The lowest BCUT2D eigenvalue weighted by atomic mass is 10.1. The van der Waals surface area contributed by atoms with Crippen LogP contribution in [-0.2, 0) is 0 Å². The molecule has 0 unspecified atom stereocenters. The van der Waals surface area contributed by atoms with E-state index in [-0.39, 0.29) is 0 Å². The lowest BCUT2D eigenvalue weighted by Gasteiger charge is -2.07. The summed E-state index contributed by atoms with van der Waals surface area (Å²) >= 11 is 0. The SMILES string of the molecule is Cc1ccc(-c2cccc(N)c2N)nc1. The average molecular weight is 199 g/mol. The maximum absolute atomic E-state index is 5.89. The van der Waals surface area contributed by atoms with Gasteiger partial charge in [-0.25, -0.2) is 0 Å². The number of para-hydroxylation sites is 1. The van der Waals surface area contributed by atoms with Crippen molar-refractivity contribution in [3.63, 3.8) is 0 Å². The number of nitrogens with zero attached hydrogens (tertiary/aromatic N) is 1. The zero-order valence-electron chi connectivity index (χ0n) is 8.57. The summed E-state index contributed by atoms with van der Waals surface area (Å²) in [5, 5.41) is 0. The highest BCUT2D eigenvalue weighted by Crippen LogP contribution is 2.28. The number of nitrogen functional groups attached to an aromatic ring is 2. The standard InChI is InChI=1S/C12H13N3/c1-8-5-6-11(15-7-8)9-3-2-4-10(13)12(9)14/h2-7H,13-14H2,1H3. The van der Waals surface area contributed by atoms with Gasteiger partial charge in [-0.1, -0.05) is 18.2 Å². The Morgan fingerprint density at radius 3 is 2.53 bits per heavy atom. The molecular weight excluding hydrogens is 186 g/mol. The van der Waals surface area contributed by atoms with Gasteiger partial charge < -0.3 is 11.5 Å². The fraction of sp³-hybridized carbons (Fsp3) is 0.0833. The molecule has 3 nitrogen and oxygen atoms in total. The van der Waals surface area contributed by atoms with Crippen LogP contribution in [0, 0.1) is 6.92 Å². The molecule has 0 radical (unpaired) electrons. The molecule has 0 aliphatic carbocycles. The Bertz CT molecular complexity index is 475. The molecule has 0 aliphatic rings. The van der Waals surface area contributed by atoms with Crippen LogP contribution in [0.3, 0.4) is 0 Å². The van der Waals surface area contributed by atoms with Crippen LogP contribution in [-0.4, -0.2) is 4.98 Å². The van der Waals surface area contributed by atoms with Gasteiger partial charge in [0, 0.05) is 11.8 Å². The predicted molar refractivity (Wildman–Crippen MR) is 63.2 cm³/mol. The topological polar surface area (TPSA) is 64.9 Å². The monoisotopic (exact) mass is 199 g/mol. The van der Waals surface area contributed by atoms with Crippen molar-refractivity contribution in [2.75, 3.05) is 11.5 Å². The Morgan fingerprint density at radius 1 is 1.07 bits per heavy atom. The first-order valence-electron chi connectivity index (χ1n) is 4.75. The Kier molecular flexibility index (Phi) is 2.29. The molecule has 0 aliphatic heterocycles. The van der Waals surface area contributed by atoms with E-state index in [9.17, 15) is 0 Å². The van der Waals surface area contributed by atoms with Gasteiger partial charge in [-0.3, -0.25) is 4.98 Å². The summed E-state index contributed by atoms with van der Waals surface area (Å²) in [4.78, 5) is 4.31. The van der Waals surface area contributed by atoms with Crippen molar-refractivity contribution >= 4 is 11.4 Å². The molecule has 0 atom stereocenters. The molecule has 0 spiro atoms. The summed E-state index contributed by atoms with van der Waals surface area (Å²) in [6.07, 6.45) is 1.82. The summed E-state index contributed by atoms with van der Waals surface area (Å²) in [5.74, 6) is 0. The molecule has 1 heterocycles. The lowest BCUT2D eigenvalue weighted by molar-refractivity contribution is 1.27. The first-order chi connectivity index (χ1) is 7.18. The summed E-state index contributed by atoms with van der Waals surface area (Å²) in [5.41, 5.74) is 15.7. The second-order valence-electron chi connectivity index (χ2n) is 3.53. The van der Waals surface area contributed by atoms with E-state index in [0.717, 1.165) is 16.8 Å². The van der Waals surface area contributed by atoms with Crippen LogP contribution in [0.1, 0.15) is 5.56 Å². The van der Waals surface area contributed by atoms with Crippen molar-refractivity contribution in [1.29, 1.82) is 0 Å². The number of aryl methyl sites for hydroxylation is 1. The van der Waals surface area contributed by atoms with Crippen LogP contribution in [0.4, 0.5) is 11.4 Å². The minimum Gasteiger partial charge on any atom is -0.397 e. The van der Waals surface area contributed by atoms with E-state index in [1.54, 1.807) is 6.07 Å². The third-order valence-electron chi connectivity index (χ3n) is 2.33. The first kappa shape index (κ1) is 9.52. The number of hydrogen-bond acceptors (Lipinski definition) is 3. The summed E-state index contributed by atoms with van der Waals surface area (Å²) < 4.78 is 0. The van der Waals surface area contributed by atoms with Gasteiger partial charge in [0.2, 0.25) is 0 Å². The first-order valence-corrected chi connectivity index (χ1v) is 4.75. The number of hydrogen-bond donors (Lipinski definition) is 2. The molecule has 1 aromatic carbocycles.